The van der Waals surface area contributed by atoms with Crippen molar-refractivity contribution in [3.63, 3.8) is 0 Å². The van der Waals surface area contributed by atoms with Crippen LogP contribution in [0.4, 0.5) is 24.5 Å². The zero-order valence-corrected chi connectivity index (χ0v) is 18.2. The fraction of sp³-hybridized carbons (Fsp3) is 0.240. The maximum Gasteiger partial charge on any atom is 0.416 e. The van der Waals surface area contributed by atoms with Crippen LogP contribution in [-0.4, -0.2) is 42.0 Å². The van der Waals surface area contributed by atoms with Crippen LogP contribution < -0.4 is 10.2 Å². The number of para-hydroxylation sites is 1. The van der Waals surface area contributed by atoms with Gasteiger partial charge in [-0.1, -0.05) is 18.2 Å². The van der Waals surface area contributed by atoms with Crippen molar-refractivity contribution in [2.75, 3.05) is 36.4 Å². The number of anilines is 2. The summed E-state index contributed by atoms with van der Waals surface area (Å²) in [6, 6.07) is 14.6. The van der Waals surface area contributed by atoms with E-state index in [4.69, 9.17) is 4.42 Å². The fourth-order valence-corrected chi connectivity index (χ4v) is 4.33. The summed E-state index contributed by atoms with van der Waals surface area (Å²) < 4.78 is 45.1. The maximum atomic E-state index is 13.3. The van der Waals surface area contributed by atoms with Crippen LogP contribution in [0.25, 0.3) is 10.9 Å². The number of hydrogen-bond acceptors (Lipinski definition) is 4. The van der Waals surface area contributed by atoms with Crippen LogP contribution >= 0.6 is 0 Å². The maximum absolute atomic E-state index is 13.3. The minimum atomic E-state index is -4.51. The monoisotopic (exact) mass is 468 g/mol. The predicted molar refractivity (Wildman–Crippen MR) is 124 cm³/mol. The molecule has 2 N–H and O–H groups in total. The van der Waals surface area contributed by atoms with E-state index in [2.05, 4.69) is 21.3 Å². The highest BCUT2D eigenvalue weighted by atomic mass is 19.4. The minimum absolute atomic E-state index is 0.0342. The van der Waals surface area contributed by atoms with Crippen molar-refractivity contribution in [2.24, 2.45) is 0 Å². The molecule has 2 aromatic carbocycles. The third-order valence-corrected chi connectivity index (χ3v) is 6.10. The van der Waals surface area contributed by atoms with Crippen molar-refractivity contribution < 1.29 is 22.4 Å². The average molecular weight is 468 g/mol. The molecule has 0 spiro atoms. The molecule has 1 fully saturated rings. The number of nitrogens with one attached hydrogen (secondary N) is 2. The number of nitrogens with zero attached hydrogens (tertiary/aromatic N) is 2. The summed E-state index contributed by atoms with van der Waals surface area (Å²) >= 11 is 0. The van der Waals surface area contributed by atoms with E-state index in [1.54, 1.807) is 6.07 Å². The Morgan fingerprint density at radius 3 is 2.56 bits per heavy atom. The summed E-state index contributed by atoms with van der Waals surface area (Å²) in [7, 11) is 0. The molecule has 1 amide bonds. The average Bonchev–Trinajstić information content (AvgIpc) is 3.50. The molecular formula is C25H23F3N4O2. The van der Waals surface area contributed by atoms with Gasteiger partial charge >= 0.3 is 6.18 Å². The molecule has 5 rings (SSSR count). The predicted octanol–water partition coefficient (Wildman–Crippen LogP) is 5.35. The van der Waals surface area contributed by atoms with Gasteiger partial charge in [0.15, 0.2) is 5.76 Å². The van der Waals surface area contributed by atoms with Crippen molar-refractivity contribution in [1.82, 2.24) is 9.88 Å². The molecule has 4 aromatic rings. The molecule has 1 saturated heterocycles. The largest absolute Gasteiger partial charge is 0.459 e. The third-order valence-electron chi connectivity index (χ3n) is 6.10. The number of aromatic amines is 1. The molecule has 2 aromatic heterocycles. The molecular weight excluding hydrogens is 445 g/mol. The molecule has 0 radical (unpaired) electrons. The lowest BCUT2D eigenvalue weighted by Crippen LogP contribution is -2.46. The summed E-state index contributed by atoms with van der Waals surface area (Å²) in [5.74, 6) is -0.560. The van der Waals surface area contributed by atoms with Crippen molar-refractivity contribution in [3.8, 4) is 0 Å². The number of piperazine rings is 1. The highest BCUT2D eigenvalue weighted by molar-refractivity contribution is 6.04. The Bertz CT molecular complexity index is 1290. The highest BCUT2D eigenvalue weighted by Crippen LogP contribution is 2.36. The molecule has 0 unspecified atom stereocenters. The number of alkyl halides is 3. The van der Waals surface area contributed by atoms with Gasteiger partial charge in [-0.05, 0) is 42.0 Å². The van der Waals surface area contributed by atoms with Crippen molar-refractivity contribution in [1.29, 1.82) is 0 Å². The fourth-order valence-electron chi connectivity index (χ4n) is 4.33. The SMILES string of the molecule is O=C(Nc1cc(C(F)(F)F)ccc1N1CCN(Cc2c[nH]c3ccccc23)CC1)c1ccco1. The number of carbonyl (C=O) groups is 1. The smallest absolute Gasteiger partial charge is 0.416 e. The highest BCUT2D eigenvalue weighted by Gasteiger charge is 2.32. The summed E-state index contributed by atoms with van der Waals surface area (Å²) in [4.78, 5) is 20.1. The van der Waals surface area contributed by atoms with Gasteiger partial charge in [0.2, 0.25) is 0 Å². The first-order valence-electron chi connectivity index (χ1n) is 11.0. The van der Waals surface area contributed by atoms with Gasteiger partial charge in [0.25, 0.3) is 5.91 Å². The van der Waals surface area contributed by atoms with E-state index in [0.717, 1.165) is 37.3 Å². The number of rotatable bonds is 5. The number of halogens is 3. The number of hydrogen-bond donors (Lipinski definition) is 2. The molecule has 3 heterocycles. The molecule has 0 bridgehead atoms. The number of benzene rings is 2. The minimum Gasteiger partial charge on any atom is -0.459 e. The van der Waals surface area contributed by atoms with E-state index in [1.165, 1.54) is 29.3 Å². The van der Waals surface area contributed by atoms with Gasteiger partial charge in [-0.3, -0.25) is 9.69 Å². The standard InChI is InChI=1S/C25H23F3N4O2/c26-25(27,28)18-7-8-22(21(14-18)30-24(33)23-6-3-13-34-23)32-11-9-31(10-12-32)16-17-15-29-20-5-2-1-4-19(17)20/h1-8,13-15,29H,9-12,16H2,(H,30,33). The van der Waals surface area contributed by atoms with Gasteiger partial charge in [0.1, 0.15) is 0 Å². The second kappa shape index (κ2) is 8.90. The van der Waals surface area contributed by atoms with Gasteiger partial charge in [-0.25, -0.2) is 0 Å². The van der Waals surface area contributed by atoms with E-state index >= 15 is 0 Å². The Morgan fingerprint density at radius 2 is 1.82 bits per heavy atom. The lowest BCUT2D eigenvalue weighted by atomic mass is 10.1. The van der Waals surface area contributed by atoms with Crippen LogP contribution in [0.15, 0.2) is 71.5 Å². The van der Waals surface area contributed by atoms with Crippen LogP contribution in [0.1, 0.15) is 21.7 Å². The lowest BCUT2D eigenvalue weighted by Gasteiger charge is -2.37. The number of aromatic nitrogens is 1. The normalized spacial score (nSPS) is 15.1. The Hall–Kier alpha value is -3.72. The summed E-state index contributed by atoms with van der Waals surface area (Å²) in [6.07, 6.45) is -1.15. The quantitative estimate of drug-likeness (QED) is 0.414. The number of carbonyl (C=O) groups excluding carboxylic acids is 1. The van der Waals surface area contributed by atoms with E-state index in [1.807, 2.05) is 29.3 Å². The molecule has 1 aliphatic rings. The molecule has 9 heteroatoms. The van der Waals surface area contributed by atoms with Crippen LogP contribution in [0, 0.1) is 0 Å². The first kappa shape index (κ1) is 22.1. The van der Waals surface area contributed by atoms with Gasteiger partial charge in [-0.15, -0.1) is 0 Å². The summed E-state index contributed by atoms with van der Waals surface area (Å²) in [5, 5.41) is 3.79. The lowest BCUT2D eigenvalue weighted by molar-refractivity contribution is -0.137. The Kier molecular flexibility index (Phi) is 5.79. The zero-order chi connectivity index (χ0) is 23.7. The Morgan fingerprint density at radius 1 is 1.03 bits per heavy atom. The van der Waals surface area contributed by atoms with E-state index in [0.29, 0.717) is 18.8 Å². The Labute approximate surface area is 194 Å². The molecule has 0 aliphatic carbocycles. The van der Waals surface area contributed by atoms with Crippen molar-refractivity contribution in [2.45, 2.75) is 12.7 Å². The van der Waals surface area contributed by atoms with Gasteiger partial charge in [0, 0.05) is 49.8 Å². The van der Waals surface area contributed by atoms with Crippen LogP contribution in [-0.2, 0) is 12.7 Å². The first-order valence-corrected chi connectivity index (χ1v) is 11.0. The first-order chi connectivity index (χ1) is 16.4. The van der Waals surface area contributed by atoms with E-state index < -0.39 is 17.6 Å². The van der Waals surface area contributed by atoms with Crippen LogP contribution in [0.5, 0.6) is 0 Å². The molecule has 6 nitrogen and oxygen atoms in total. The number of fused-ring (bicyclic) bond motifs is 1. The molecule has 0 saturated carbocycles. The van der Waals surface area contributed by atoms with Crippen LogP contribution in [0.3, 0.4) is 0 Å². The third kappa shape index (κ3) is 4.51. The number of furan rings is 1. The van der Waals surface area contributed by atoms with Crippen LogP contribution in [0.2, 0.25) is 0 Å². The molecule has 1 aliphatic heterocycles. The second-order valence-electron chi connectivity index (χ2n) is 8.28. The molecule has 176 valence electrons. The van der Waals surface area contributed by atoms with Crippen molar-refractivity contribution in [3.05, 3.63) is 83.9 Å². The van der Waals surface area contributed by atoms with E-state index in [9.17, 15) is 18.0 Å². The van der Waals surface area contributed by atoms with Gasteiger partial charge < -0.3 is 19.6 Å². The van der Waals surface area contributed by atoms with Crippen molar-refractivity contribution >= 4 is 28.2 Å². The summed E-state index contributed by atoms with van der Waals surface area (Å²) in [5.41, 5.74) is 2.16. The topological polar surface area (TPSA) is 64.5 Å². The summed E-state index contributed by atoms with van der Waals surface area (Å²) in [6.45, 7) is 3.51. The van der Waals surface area contributed by atoms with E-state index in [-0.39, 0.29) is 11.4 Å². The zero-order valence-electron chi connectivity index (χ0n) is 18.2. The molecule has 0 atom stereocenters. The number of amides is 1. The Balaban J connectivity index is 1.32. The van der Waals surface area contributed by atoms with Gasteiger partial charge in [0.05, 0.1) is 23.2 Å². The number of H-pyrrole nitrogens is 1. The molecule has 34 heavy (non-hydrogen) atoms. The second-order valence-corrected chi connectivity index (χ2v) is 8.28. The van der Waals surface area contributed by atoms with Gasteiger partial charge in [-0.2, -0.15) is 13.2 Å².